The number of aromatic nitrogens is 2. The van der Waals surface area contributed by atoms with E-state index in [9.17, 15) is 13.6 Å². The Morgan fingerprint density at radius 2 is 1.52 bits per heavy atom. The molecule has 0 unspecified atom stereocenters. The summed E-state index contributed by atoms with van der Waals surface area (Å²) in [4.78, 5) is 14.7. The van der Waals surface area contributed by atoms with E-state index in [-0.39, 0.29) is 17.3 Å². The van der Waals surface area contributed by atoms with Crippen LogP contribution in [0.2, 0.25) is 0 Å². The van der Waals surface area contributed by atoms with Gasteiger partial charge in [-0.3, -0.25) is 4.57 Å². The Hall–Kier alpha value is -3.47. The maximum absolute atomic E-state index is 13.9. The van der Waals surface area contributed by atoms with Gasteiger partial charge in [0.2, 0.25) is 0 Å². The molecule has 3 aromatic carbocycles. The molecular formula is C24H18F2N2O. The summed E-state index contributed by atoms with van der Waals surface area (Å²) in [5.41, 5.74) is 6.93. The average Bonchev–Trinajstić information content (AvgIpc) is 2.89. The van der Waals surface area contributed by atoms with Crippen LogP contribution in [-0.2, 0) is 19.9 Å². The number of hydrogen-bond donors (Lipinski definition) is 1. The normalized spacial score (nSPS) is 13.1. The molecular weight excluding hydrogens is 370 g/mol. The third-order valence-electron chi connectivity index (χ3n) is 5.62. The van der Waals surface area contributed by atoms with E-state index >= 15 is 0 Å². The Balaban J connectivity index is 1.75. The number of halogens is 2. The number of H-pyrrole nitrogens is 1. The van der Waals surface area contributed by atoms with Gasteiger partial charge in [-0.2, -0.15) is 0 Å². The van der Waals surface area contributed by atoms with Crippen molar-refractivity contribution in [2.75, 3.05) is 0 Å². The smallest absolute Gasteiger partial charge is 0.306 e. The minimum absolute atomic E-state index is 0.166. The number of nitrogens with zero attached hydrogens (tertiary/aromatic N) is 1. The van der Waals surface area contributed by atoms with E-state index < -0.39 is 0 Å². The fourth-order valence-corrected chi connectivity index (χ4v) is 4.14. The van der Waals surface area contributed by atoms with Crippen LogP contribution < -0.4 is 5.69 Å². The molecule has 1 heterocycles. The van der Waals surface area contributed by atoms with Crippen LogP contribution in [0.4, 0.5) is 8.78 Å². The van der Waals surface area contributed by atoms with E-state index in [0.717, 1.165) is 44.4 Å². The first-order valence-corrected chi connectivity index (χ1v) is 9.48. The van der Waals surface area contributed by atoms with Crippen LogP contribution in [0.25, 0.3) is 22.7 Å². The number of fused-ring (bicyclic) bond motifs is 3. The van der Waals surface area contributed by atoms with Crippen LogP contribution >= 0.6 is 0 Å². The number of imidazole rings is 1. The Morgan fingerprint density at radius 1 is 0.897 bits per heavy atom. The van der Waals surface area contributed by atoms with Crippen molar-refractivity contribution in [2.45, 2.75) is 12.8 Å². The molecule has 0 saturated carbocycles. The van der Waals surface area contributed by atoms with Crippen molar-refractivity contribution in [3.05, 3.63) is 105 Å². The molecule has 5 rings (SSSR count). The van der Waals surface area contributed by atoms with Crippen molar-refractivity contribution in [3.8, 4) is 0 Å². The molecule has 29 heavy (non-hydrogen) atoms. The minimum atomic E-state index is -0.275. The Kier molecular flexibility index (Phi) is 3.98. The second kappa shape index (κ2) is 6.55. The molecule has 1 N–H and O–H groups in total. The lowest BCUT2D eigenvalue weighted by molar-refractivity contribution is 0.623. The topological polar surface area (TPSA) is 37.8 Å². The summed E-state index contributed by atoms with van der Waals surface area (Å²) >= 11 is 0. The predicted octanol–water partition coefficient (Wildman–Crippen LogP) is 4.83. The maximum atomic E-state index is 13.9. The molecule has 5 heteroatoms. The summed E-state index contributed by atoms with van der Waals surface area (Å²) in [6.45, 7) is 0. The summed E-state index contributed by atoms with van der Waals surface area (Å²) in [6, 6.07) is 15.4. The molecule has 0 amide bonds. The van der Waals surface area contributed by atoms with Crippen molar-refractivity contribution in [2.24, 2.45) is 7.05 Å². The maximum Gasteiger partial charge on any atom is 0.326 e. The highest BCUT2D eigenvalue weighted by Gasteiger charge is 2.19. The van der Waals surface area contributed by atoms with Gasteiger partial charge < -0.3 is 4.98 Å². The largest absolute Gasteiger partial charge is 0.326 e. The third-order valence-corrected chi connectivity index (χ3v) is 5.62. The van der Waals surface area contributed by atoms with Crippen molar-refractivity contribution in [3.63, 3.8) is 0 Å². The van der Waals surface area contributed by atoms with Crippen LogP contribution in [0.5, 0.6) is 0 Å². The van der Waals surface area contributed by atoms with Gasteiger partial charge in [0.05, 0.1) is 11.0 Å². The van der Waals surface area contributed by atoms with E-state index in [1.807, 2.05) is 24.3 Å². The van der Waals surface area contributed by atoms with Crippen LogP contribution in [0.1, 0.15) is 27.8 Å². The summed E-state index contributed by atoms with van der Waals surface area (Å²) in [5, 5.41) is 0. The van der Waals surface area contributed by atoms with Crippen molar-refractivity contribution in [1.82, 2.24) is 9.55 Å². The number of hydrogen-bond acceptors (Lipinski definition) is 1. The number of nitrogens with one attached hydrogen (secondary N) is 1. The lowest BCUT2D eigenvalue weighted by Crippen LogP contribution is -2.11. The monoisotopic (exact) mass is 388 g/mol. The highest BCUT2D eigenvalue weighted by Crippen LogP contribution is 2.36. The fourth-order valence-electron chi connectivity index (χ4n) is 4.14. The lowest BCUT2D eigenvalue weighted by Gasteiger charge is -2.12. The van der Waals surface area contributed by atoms with Gasteiger partial charge in [-0.05, 0) is 88.7 Å². The molecule has 1 aromatic heterocycles. The van der Waals surface area contributed by atoms with Crippen molar-refractivity contribution >= 4 is 22.7 Å². The highest BCUT2D eigenvalue weighted by atomic mass is 19.1. The zero-order valence-electron chi connectivity index (χ0n) is 15.8. The highest BCUT2D eigenvalue weighted by molar-refractivity contribution is 5.95. The predicted molar refractivity (Wildman–Crippen MR) is 111 cm³/mol. The number of benzene rings is 3. The standard InChI is InChI=1S/C24H18F2N2O/c1-28-23-9-2-14(11-22(23)27-24(28)29)10-21-19-7-5-17(25)12-15(19)3-4-16-13-18(26)6-8-20(16)21/h2,5-13H,3-4H2,1H3,(H,27,29). The first-order valence-electron chi connectivity index (χ1n) is 9.48. The first-order chi connectivity index (χ1) is 14.0. The first kappa shape index (κ1) is 17.6. The average molecular weight is 388 g/mol. The van der Waals surface area contributed by atoms with Gasteiger partial charge in [0.15, 0.2) is 0 Å². The van der Waals surface area contributed by atoms with Crippen LogP contribution in [0.15, 0.2) is 59.4 Å². The molecule has 0 fully saturated rings. The molecule has 0 radical (unpaired) electrons. The lowest BCUT2D eigenvalue weighted by atomic mass is 9.92. The molecule has 0 bridgehead atoms. The van der Waals surface area contributed by atoms with E-state index in [0.29, 0.717) is 12.8 Å². The molecule has 1 aliphatic carbocycles. The summed E-state index contributed by atoms with van der Waals surface area (Å²) in [7, 11) is 1.72. The van der Waals surface area contributed by atoms with Gasteiger partial charge in [0, 0.05) is 7.05 Å². The summed E-state index contributed by atoms with van der Waals surface area (Å²) in [5.74, 6) is -0.549. The van der Waals surface area contributed by atoms with E-state index in [1.54, 1.807) is 35.9 Å². The van der Waals surface area contributed by atoms with Crippen LogP contribution in [-0.4, -0.2) is 9.55 Å². The van der Waals surface area contributed by atoms with Gasteiger partial charge in [0.1, 0.15) is 11.6 Å². The third kappa shape index (κ3) is 2.99. The quantitative estimate of drug-likeness (QED) is 0.498. The number of rotatable bonds is 1. The molecule has 0 atom stereocenters. The van der Waals surface area contributed by atoms with Gasteiger partial charge in [-0.25, -0.2) is 13.6 Å². The van der Waals surface area contributed by atoms with Crippen molar-refractivity contribution in [1.29, 1.82) is 0 Å². The molecule has 1 aliphatic rings. The zero-order valence-corrected chi connectivity index (χ0v) is 15.8. The number of aromatic amines is 1. The van der Waals surface area contributed by atoms with Gasteiger partial charge in [-0.15, -0.1) is 0 Å². The molecule has 0 aliphatic heterocycles. The Bertz CT molecular complexity index is 1310. The van der Waals surface area contributed by atoms with E-state index in [2.05, 4.69) is 4.98 Å². The minimum Gasteiger partial charge on any atom is -0.306 e. The Morgan fingerprint density at radius 3 is 2.14 bits per heavy atom. The van der Waals surface area contributed by atoms with Crippen LogP contribution in [0, 0.1) is 11.6 Å². The molecule has 0 saturated heterocycles. The molecule has 144 valence electrons. The molecule has 3 nitrogen and oxygen atoms in total. The van der Waals surface area contributed by atoms with E-state index in [1.165, 1.54) is 12.1 Å². The molecule has 4 aromatic rings. The fraction of sp³-hybridized carbons (Fsp3) is 0.125. The zero-order chi connectivity index (χ0) is 20.1. The van der Waals surface area contributed by atoms with Crippen molar-refractivity contribution < 1.29 is 8.78 Å². The number of aryl methyl sites for hydroxylation is 3. The summed E-state index contributed by atoms with van der Waals surface area (Å²) < 4.78 is 29.3. The van der Waals surface area contributed by atoms with Gasteiger partial charge in [-0.1, -0.05) is 18.2 Å². The van der Waals surface area contributed by atoms with Gasteiger partial charge >= 0.3 is 5.69 Å². The van der Waals surface area contributed by atoms with Crippen LogP contribution in [0.3, 0.4) is 0 Å². The van der Waals surface area contributed by atoms with E-state index in [4.69, 9.17) is 0 Å². The Labute approximate surface area is 165 Å². The molecule has 0 spiro atoms. The summed E-state index contributed by atoms with van der Waals surface area (Å²) in [6.07, 6.45) is 3.31. The SMILES string of the molecule is Cn1c(=O)[nH]c2cc(C=C3c4ccc(F)cc4CCc4cc(F)ccc43)ccc21. The van der Waals surface area contributed by atoms with Gasteiger partial charge in [0.25, 0.3) is 0 Å². The second-order valence-electron chi connectivity index (χ2n) is 7.43. The second-order valence-corrected chi connectivity index (χ2v) is 7.43.